The van der Waals surface area contributed by atoms with E-state index in [9.17, 15) is 22.4 Å². The summed E-state index contributed by atoms with van der Waals surface area (Å²) >= 11 is 0. The Balaban J connectivity index is 1.62. The van der Waals surface area contributed by atoms with Crippen LogP contribution in [0, 0.1) is 5.82 Å². The number of anilines is 1. The summed E-state index contributed by atoms with van der Waals surface area (Å²) in [6, 6.07) is 10.5. The Morgan fingerprint density at radius 2 is 1.87 bits per heavy atom. The van der Waals surface area contributed by atoms with Crippen molar-refractivity contribution in [3.8, 4) is 0 Å². The van der Waals surface area contributed by atoms with Crippen LogP contribution in [0.4, 0.5) is 10.1 Å². The molecule has 8 heteroatoms. The minimum atomic E-state index is -3.64. The molecule has 0 fully saturated rings. The van der Waals surface area contributed by atoms with Crippen LogP contribution in [0.3, 0.4) is 0 Å². The lowest BCUT2D eigenvalue weighted by molar-refractivity contribution is -0.121. The number of rotatable bonds is 7. The van der Waals surface area contributed by atoms with Crippen molar-refractivity contribution >= 4 is 27.3 Å². The van der Waals surface area contributed by atoms with E-state index in [0.717, 1.165) is 16.8 Å². The Morgan fingerprint density at radius 1 is 1.17 bits per heavy atom. The molecule has 1 N–H and O–H groups in total. The van der Waals surface area contributed by atoms with Crippen molar-refractivity contribution in [2.75, 3.05) is 10.7 Å². The second-order valence-corrected chi connectivity index (χ2v) is 9.54. The molecule has 30 heavy (non-hydrogen) atoms. The van der Waals surface area contributed by atoms with Gasteiger partial charge in [-0.05, 0) is 54.8 Å². The molecule has 0 spiro atoms. The fourth-order valence-electron chi connectivity index (χ4n) is 3.59. The first kappa shape index (κ1) is 22.0. The standard InChI is InChI=1S/C22H25FN2O4S/c1-3-22(27)25-15(2)12-17-13-19(8-9-20(17)25)30(28,29)11-10-21(26)24-14-16-4-6-18(23)7-5-16/h4-9,13,15H,3,10-12,14H2,1-2H3,(H,24,26)/t15-/m1/s1. The summed E-state index contributed by atoms with van der Waals surface area (Å²) in [5.41, 5.74) is 2.31. The molecule has 0 saturated heterocycles. The first-order valence-corrected chi connectivity index (χ1v) is 11.6. The van der Waals surface area contributed by atoms with Crippen LogP contribution in [-0.4, -0.2) is 32.0 Å². The lowest BCUT2D eigenvalue weighted by Crippen LogP contribution is -2.35. The minimum absolute atomic E-state index is 0.00897. The van der Waals surface area contributed by atoms with E-state index in [0.29, 0.717) is 12.8 Å². The van der Waals surface area contributed by atoms with Crippen LogP contribution in [0.2, 0.25) is 0 Å². The van der Waals surface area contributed by atoms with Gasteiger partial charge < -0.3 is 10.2 Å². The van der Waals surface area contributed by atoms with Crippen molar-refractivity contribution < 1.29 is 22.4 Å². The maximum absolute atomic E-state index is 12.9. The zero-order chi connectivity index (χ0) is 21.9. The summed E-state index contributed by atoms with van der Waals surface area (Å²) in [6.07, 6.45) is 0.816. The molecule has 0 radical (unpaired) electrons. The molecule has 6 nitrogen and oxygen atoms in total. The van der Waals surface area contributed by atoms with E-state index in [2.05, 4.69) is 5.32 Å². The van der Waals surface area contributed by atoms with Gasteiger partial charge in [0.1, 0.15) is 5.82 Å². The molecule has 2 amide bonds. The molecule has 0 unspecified atom stereocenters. The molecule has 0 aromatic heterocycles. The predicted molar refractivity (Wildman–Crippen MR) is 112 cm³/mol. The van der Waals surface area contributed by atoms with Crippen LogP contribution >= 0.6 is 0 Å². The maximum Gasteiger partial charge on any atom is 0.226 e. The maximum atomic E-state index is 12.9. The minimum Gasteiger partial charge on any atom is -0.352 e. The lowest BCUT2D eigenvalue weighted by atomic mass is 10.1. The highest BCUT2D eigenvalue weighted by molar-refractivity contribution is 7.91. The number of nitrogens with zero attached hydrogens (tertiary/aromatic N) is 1. The van der Waals surface area contributed by atoms with Crippen LogP contribution in [-0.2, 0) is 32.4 Å². The number of halogens is 1. The van der Waals surface area contributed by atoms with E-state index in [4.69, 9.17) is 0 Å². The first-order chi connectivity index (χ1) is 14.2. The van der Waals surface area contributed by atoms with Crippen LogP contribution in [0.5, 0.6) is 0 Å². The molecular weight excluding hydrogens is 407 g/mol. The highest BCUT2D eigenvalue weighted by Gasteiger charge is 2.31. The molecule has 0 saturated carbocycles. The Bertz CT molecular complexity index is 1050. The molecule has 1 aliphatic rings. The van der Waals surface area contributed by atoms with Gasteiger partial charge >= 0.3 is 0 Å². The second kappa shape index (κ2) is 8.95. The number of carbonyl (C=O) groups excluding carboxylic acids is 2. The molecule has 1 atom stereocenters. The van der Waals surface area contributed by atoms with Gasteiger partial charge in [0, 0.05) is 31.1 Å². The molecule has 160 valence electrons. The largest absolute Gasteiger partial charge is 0.352 e. The van der Waals surface area contributed by atoms with Gasteiger partial charge in [-0.15, -0.1) is 0 Å². The monoisotopic (exact) mass is 432 g/mol. The lowest BCUT2D eigenvalue weighted by Gasteiger charge is -2.22. The second-order valence-electron chi connectivity index (χ2n) is 7.43. The van der Waals surface area contributed by atoms with Crippen LogP contribution < -0.4 is 10.2 Å². The van der Waals surface area contributed by atoms with Crippen molar-refractivity contribution in [2.24, 2.45) is 0 Å². The van der Waals surface area contributed by atoms with Crippen molar-refractivity contribution in [3.63, 3.8) is 0 Å². The van der Waals surface area contributed by atoms with E-state index in [1.807, 2.05) is 6.92 Å². The number of benzene rings is 2. The summed E-state index contributed by atoms with van der Waals surface area (Å²) in [4.78, 5) is 26.1. The molecular formula is C22H25FN2O4S. The van der Waals surface area contributed by atoms with Gasteiger partial charge in [0.25, 0.3) is 0 Å². The molecule has 2 aromatic carbocycles. The van der Waals surface area contributed by atoms with Crippen molar-refractivity contribution in [2.45, 2.75) is 50.6 Å². The van der Waals surface area contributed by atoms with Gasteiger partial charge in [-0.25, -0.2) is 12.8 Å². The third-order valence-electron chi connectivity index (χ3n) is 5.20. The Morgan fingerprint density at radius 3 is 2.53 bits per heavy atom. The van der Waals surface area contributed by atoms with Gasteiger partial charge in [0.2, 0.25) is 11.8 Å². The third kappa shape index (κ3) is 4.87. The van der Waals surface area contributed by atoms with Gasteiger partial charge in [-0.2, -0.15) is 0 Å². The normalized spacial score (nSPS) is 15.7. The van der Waals surface area contributed by atoms with E-state index < -0.39 is 15.7 Å². The molecule has 2 aromatic rings. The summed E-state index contributed by atoms with van der Waals surface area (Å²) in [5, 5.41) is 2.64. The Labute approximate surface area is 176 Å². The number of sulfone groups is 1. The summed E-state index contributed by atoms with van der Waals surface area (Å²) < 4.78 is 38.3. The fourth-order valence-corrected chi connectivity index (χ4v) is 4.87. The summed E-state index contributed by atoms with van der Waals surface area (Å²) in [5.74, 6) is -1.05. The van der Waals surface area contributed by atoms with Gasteiger partial charge in [0.05, 0.1) is 10.6 Å². The molecule has 1 heterocycles. The van der Waals surface area contributed by atoms with Gasteiger partial charge in [0.15, 0.2) is 9.84 Å². The van der Waals surface area contributed by atoms with Crippen LogP contribution in [0.1, 0.15) is 37.8 Å². The first-order valence-electron chi connectivity index (χ1n) is 9.90. The van der Waals surface area contributed by atoms with Gasteiger partial charge in [-0.1, -0.05) is 19.1 Å². The number of amides is 2. The van der Waals surface area contributed by atoms with E-state index in [1.54, 1.807) is 36.1 Å². The summed E-state index contributed by atoms with van der Waals surface area (Å²) in [7, 11) is -3.64. The smallest absolute Gasteiger partial charge is 0.226 e. The van der Waals surface area contributed by atoms with Crippen molar-refractivity contribution in [1.29, 1.82) is 0 Å². The number of hydrogen-bond acceptors (Lipinski definition) is 4. The number of nitrogens with one attached hydrogen (secondary N) is 1. The average molecular weight is 433 g/mol. The quantitative estimate of drug-likeness (QED) is 0.729. The van der Waals surface area contributed by atoms with Crippen molar-refractivity contribution in [3.05, 3.63) is 59.4 Å². The molecule has 3 rings (SSSR count). The highest BCUT2D eigenvalue weighted by atomic mass is 32.2. The van der Waals surface area contributed by atoms with Crippen LogP contribution in [0.25, 0.3) is 0 Å². The van der Waals surface area contributed by atoms with E-state index in [1.165, 1.54) is 18.2 Å². The number of carbonyl (C=O) groups is 2. The predicted octanol–water partition coefficient (Wildman–Crippen LogP) is 2.99. The molecule has 0 aliphatic carbocycles. The third-order valence-corrected chi connectivity index (χ3v) is 6.91. The topological polar surface area (TPSA) is 83.6 Å². The molecule has 1 aliphatic heterocycles. The van der Waals surface area contributed by atoms with Gasteiger partial charge in [-0.3, -0.25) is 9.59 Å². The zero-order valence-electron chi connectivity index (χ0n) is 17.0. The molecule has 0 bridgehead atoms. The van der Waals surface area contributed by atoms with E-state index in [-0.39, 0.29) is 41.4 Å². The highest BCUT2D eigenvalue weighted by Crippen LogP contribution is 2.34. The average Bonchev–Trinajstić information content (AvgIpc) is 3.06. The Hall–Kier alpha value is -2.74. The van der Waals surface area contributed by atoms with E-state index >= 15 is 0 Å². The van der Waals surface area contributed by atoms with Crippen LogP contribution in [0.15, 0.2) is 47.4 Å². The van der Waals surface area contributed by atoms with Crippen molar-refractivity contribution in [1.82, 2.24) is 5.32 Å². The zero-order valence-corrected chi connectivity index (χ0v) is 17.8. The SMILES string of the molecule is CCC(=O)N1c2ccc(S(=O)(=O)CCC(=O)NCc3ccc(F)cc3)cc2C[C@H]1C. The number of fused-ring (bicyclic) bond motifs is 1. The fraction of sp³-hybridized carbons (Fsp3) is 0.364. The Kier molecular flexibility index (Phi) is 6.55. The summed E-state index contributed by atoms with van der Waals surface area (Å²) in [6.45, 7) is 3.94. The number of hydrogen-bond donors (Lipinski definition) is 1.